The third-order valence-corrected chi connectivity index (χ3v) is 4.89. The summed E-state index contributed by atoms with van der Waals surface area (Å²) in [6.07, 6.45) is 4.38. The van der Waals surface area contributed by atoms with Gasteiger partial charge < -0.3 is 20.7 Å². The van der Waals surface area contributed by atoms with Crippen molar-refractivity contribution >= 4 is 23.5 Å². The van der Waals surface area contributed by atoms with Gasteiger partial charge in [-0.15, -0.1) is 0 Å². The number of benzene rings is 1. The first-order valence-electron chi connectivity index (χ1n) is 9.20. The van der Waals surface area contributed by atoms with Crippen LogP contribution in [0.5, 0.6) is 0 Å². The summed E-state index contributed by atoms with van der Waals surface area (Å²) in [7, 11) is 0. The molecule has 2 aliphatic rings. The molecule has 3 atom stereocenters. The number of piperazine rings is 1. The van der Waals surface area contributed by atoms with Crippen LogP contribution in [0.4, 0.5) is 5.69 Å². The molecule has 1 saturated heterocycles. The highest BCUT2D eigenvalue weighted by Gasteiger charge is 2.36. The van der Waals surface area contributed by atoms with E-state index in [0.29, 0.717) is 17.9 Å². The topological polar surface area (TPSA) is 96.5 Å². The summed E-state index contributed by atoms with van der Waals surface area (Å²) < 4.78 is 4.93. The first-order chi connectivity index (χ1) is 12.6. The fourth-order valence-electron chi connectivity index (χ4n) is 3.57. The molecular weight excluding hydrogens is 334 g/mol. The minimum atomic E-state index is -0.506. The Hall–Kier alpha value is -2.41. The lowest BCUT2D eigenvalue weighted by atomic mass is 9.87. The van der Waals surface area contributed by atoms with Crippen molar-refractivity contribution < 1.29 is 19.1 Å². The van der Waals surface area contributed by atoms with Gasteiger partial charge in [0.2, 0.25) is 11.8 Å². The van der Waals surface area contributed by atoms with Crippen molar-refractivity contribution in [2.24, 2.45) is 0 Å². The second-order valence-electron chi connectivity index (χ2n) is 6.78. The van der Waals surface area contributed by atoms with Gasteiger partial charge in [-0.1, -0.05) is 12.8 Å². The molecule has 0 unspecified atom stereocenters. The molecule has 26 heavy (non-hydrogen) atoms. The molecule has 1 aromatic carbocycles. The van der Waals surface area contributed by atoms with Crippen molar-refractivity contribution in [1.82, 2.24) is 10.6 Å². The number of hydrogen-bond donors (Lipinski definition) is 3. The Morgan fingerprint density at radius 1 is 1.15 bits per heavy atom. The van der Waals surface area contributed by atoms with Crippen molar-refractivity contribution in [1.29, 1.82) is 0 Å². The minimum Gasteiger partial charge on any atom is -0.462 e. The average molecular weight is 359 g/mol. The van der Waals surface area contributed by atoms with Crippen LogP contribution in [0.2, 0.25) is 0 Å². The lowest BCUT2D eigenvalue weighted by molar-refractivity contribution is -0.129. The molecule has 7 heteroatoms. The number of carbonyl (C=O) groups is 3. The van der Waals surface area contributed by atoms with Gasteiger partial charge in [0.15, 0.2) is 0 Å². The number of esters is 1. The number of carbonyl (C=O) groups excluding carboxylic acids is 3. The first-order valence-corrected chi connectivity index (χ1v) is 9.20. The zero-order valence-corrected chi connectivity index (χ0v) is 14.9. The summed E-state index contributed by atoms with van der Waals surface area (Å²) in [6, 6.07) is 6.44. The fourth-order valence-corrected chi connectivity index (χ4v) is 3.57. The van der Waals surface area contributed by atoms with Crippen LogP contribution >= 0.6 is 0 Å². The number of hydrogen-bond acceptors (Lipinski definition) is 5. The summed E-state index contributed by atoms with van der Waals surface area (Å²) >= 11 is 0. The molecule has 0 radical (unpaired) electrons. The summed E-state index contributed by atoms with van der Waals surface area (Å²) in [4.78, 5) is 36.1. The van der Waals surface area contributed by atoms with Gasteiger partial charge >= 0.3 is 5.97 Å². The number of fused-ring (bicyclic) bond motifs is 1. The van der Waals surface area contributed by atoms with Crippen LogP contribution in [-0.4, -0.2) is 42.5 Å². The number of amides is 2. The van der Waals surface area contributed by atoms with E-state index in [4.69, 9.17) is 4.74 Å². The van der Waals surface area contributed by atoms with Crippen molar-refractivity contribution in [2.45, 2.75) is 57.2 Å². The summed E-state index contributed by atoms with van der Waals surface area (Å²) in [5, 5.41) is 9.13. The maximum Gasteiger partial charge on any atom is 0.338 e. The lowest BCUT2D eigenvalue weighted by Crippen LogP contribution is -2.65. The maximum absolute atomic E-state index is 12.3. The van der Waals surface area contributed by atoms with Crippen molar-refractivity contribution in [2.75, 3.05) is 11.9 Å². The molecule has 3 rings (SSSR count). The normalized spacial score (nSPS) is 25.0. The molecule has 1 aliphatic carbocycles. The van der Waals surface area contributed by atoms with Crippen LogP contribution < -0.4 is 16.0 Å². The van der Waals surface area contributed by atoms with Gasteiger partial charge in [0.1, 0.15) is 0 Å². The Morgan fingerprint density at radius 2 is 1.85 bits per heavy atom. The average Bonchev–Trinajstić information content (AvgIpc) is 2.63. The van der Waals surface area contributed by atoms with Crippen LogP contribution in [-0.2, 0) is 14.3 Å². The second kappa shape index (κ2) is 8.31. The second-order valence-corrected chi connectivity index (χ2v) is 6.78. The molecule has 1 heterocycles. The molecule has 3 N–H and O–H groups in total. The van der Waals surface area contributed by atoms with Crippen LogP contribution in [0.1, 0.15) is 49.4 Å². The standard InChI is InChI=1S/C19H25N3O4/c1-2-26-19(25)12-7-9-13(10-8-12)20-17(23)11-16-18(24)22-15-6-4-3-5-14(15)21-16/h7-10,14-16,21H,2-6,11H2,1H3,(H,20,23)(H,22,24)/t14-,15+,16-/m1/s1. The van der Waals surface area contributed by atoms with Gasteiger partial charge in [0.05, 0.1) is 24.6 Å². The molecule has 140 valence electrons. The third-order valence-electron chi connectivity index (χ3n) is 4.89. The molecule has 0 spiro atoms. The third kappa shape index (κ3) is 4.40. The van der Waals surface area contributed by atoms with Crippen molar-refractivity contribution in [3.63, 3.8) is 0 Å². The predicted molar refractivity (Wildman–Crippen MR) is 96.8 cm³/mol. The van der Waals surface area contributed by atoms with E-state index in [0.717, 1.165) is 25.7 Å². The fraction of sp³-hybridized carbons (Fsp3) is 0.526. The molecule has 2 fully saturated rings. The van der Waals surface area contributed by atoms with Gasteiger partial charge in [0, 0.05) is 17.8 Å². The van der Waals surface area contributed by atoms with E-state index < -0.39 is 12.0 Å². The Kier molecular flexibility index (Phi) is 5.88. The maximum atomic E-state index is 12.3. The Labute approximate surface area is 152 Å². The van der Waals surface area contributed by atoms with Crippen LogP contribution in [0.25, 0.3) is 0 Å². The SMILES string of the molecule is CCOC(=O)c1ccc(NC(=O)C[C@H]2N[C@@H]3CCCC[C@@H]3NC2=O)cc1. The molecule has 1 aliphatic heterocycles. The van der Waals surface area contributed by atoms with Crippen molar-refractivity contribution in [3.05, 3.63) is 29.8 Å². The van der Waals surface area contributed by atoms with E-state index in [9.17, 15) is 14.4 Å². The van der Waals surface area contributed by atoms with Gasteiger partial charge in [0.25, 0.3) is 0 Å². The van der Waals surface area contributed by atoms with Crippen LogP contribution in [0.3, 0.4) is 0 Å². The summed E-state index contributed by atoms with van der Waals surface area (Å²) in [5.74, 6) is -0.743. The molecule has 7 nitrogen and oxygen atoms in total. The zero-order chi connectivity index (χ0) is 18.5. The first kappa shape index (κ1) is 18.4. The van der Waals surface area contributed by atoms with Gasteiger partial charge in [-0.2, -0.15) is 0 Å². The number of ether oxygens (including phenoxy) is 1. The highest BCUT2D eigenvalue weighted by Crippen LogP contribution is 2.22. The summed E-state index contributed by atoms with van der Waals surface area (Å²) in [6.45, 7) is 2.06. The van der Waals surface area contributed by atoms with Gasteiger partial charge in [-0.05, 0) is 44.0 Å². The van der Waals surface area contributed by atoms with Gasteiger partial charge in [-0.3, -0.25) is 9.59 Å². The number of anilines is 1. The van der Waals surface area contributed by atoms with E-state index in [1.54, 1.807) is 31.2 Å². The number of nitrogens with one attached hydrogen (secondary N) is 3. The molecular formula is C19H25N3O4. The molecule has 2 amide bonds. The molecule has 0 bridgehead atoms. The smallest absolute Gasteiger partial charge is 0.338 e. The van der Waals surface area contributed by atoms with Gasteiger partial charge in [-0.25, -0.2) is 4.79 Å². The predicted octanol–water partition coefficient (Wildman–Crippen LogP) is 1.59. The van der Waals surface area contributed by atoms with E-state index in [1.807, 2.05) is 0 Å². The van der Waals surface area contributed by atoms with E-state index in [1.165, 1.54) is 0 Å². The lowest BCUT2D eigenvalue weighted by Gasteiger charge is -2.40. The molecule has 1 aromatic rings. The van der Waals surface area contributed by atoms with E-state index in [2.05, 4.69) is 16.0 Å². The van der Waals surface area contributed by atoms with E-state index in [-0.39, 0.29) is 30.3 Å². The quantitative estimate of drug-likeness (QED) is 0.694. The zero-order valence-electron chi connectivity index (χ0n) is 14.9. The minimum absolute atomic E-state index is 0.0781. The monoisotopic (exact) mass is 359 g/mol. The van der Waals surface area contributed by atoms with Crippen LogP contribution in [0.15, 0.2) is 24.3 Å². The molecule has 1 saturated carbocycles. The Balaban J connectivity index is 1.53. The largest absolute Gasteiger partial charge is 0.462 e. The van der Waals surface area contributed by atoms with E-state index >= 15 is 0 Å². The van der Waals surface area contributed by atoms with Crippen LogP contribution in [0, 0.1) is 0 Å². The summed E-state index contributed by atoms with van der Waals surface area (Å²) in [5.41, 5.74) is 1.01. The highest BCUT2D eigenvalue weighted by atomic mass is 16.5. The number of rotatable bonds is 5. The Morgan fingerprint density at radius 3 is 2.54 bits per heavy atom. The Bertz CT molecular complexity index is 674. The molecule has 0 aromatic heterocycles. The highest BCUT2D eigenvalue weighted by molar-refractivity contribution is 5.96. The van der Waals surface area contributed by atoms with Crippen molar-refractivity contribution in [3.8, 4) is 0 Å².